The van der Waals surface area contributed by atoms with Gasteiger partial charge >= 0.3 is 5.97 Å². The summed E-state index contributed by atoms with van der Waals surface area (Å²) in [5, 5.41) is 10.1. The van der Waals surface area contributed by atoms with Gasteiger partial charge in [0.2, 0.25) is 0 Å². The fourth-order valence-electron chi connectivity index (χ4n) is 6.43. The maximum atomic E-state index is 13.3. The van der Waals surface area contributed by atoms with E-state index in [4.69, 9.17) is 11.5 Å². The highest BCUT2D eigenvalue weighted by molar-refractivity contribution is 6.11. The quantitative estimate of drug-likeness (QED) is 0.0477. The van der Waals surface area contributed by atoms with Gasteiger partial charge in [-0.2, -0.15) is 0 Å². The van der Waals surface area contributed by atoms with Crippen molar-refractivity contribution in [2.24, 2.45) is 17.4 Å². The van der Waals surface area contributed by atoms with Gasteiger partial charge in [0.05, 0.1) is 5.92 Å². The zero-order valence-electron chi connectivity index (χ0n) is 29.3. The first kappa shape index (κ1) is 42.7. The highest BCUT2D eigenvalue weighted by atomic mass is 16.4. The maximum Gasteiger partial charge on any atom is 0.332 e. The molecule has 260 valence electrons. The zero-order chi connectivity index (χ0) is 32.7. The van der Waals surface area contributed by atoms with E-state index in [1.165, 1.54) is 122 Å². The molecule has 0 amide bonds. The van der Waals surface area contributed by atoms with Crippen LogP contribution in [0.1, 0.15) is 206 Å². The predicted molar refractivity (Wildman–Crippen MR) is 187 cm³/mol. The number of unbranched alkanes of at least 4 members (excludes halogenated alkanes) is 24. The Morgan fingerprint density at radius 3 is 1.16 bits per heavy atom. The summed E-state index contributed by atoms with van der Waals surface area (Å²) in [5.74, 6) is -3.08. The van der Waals surface area contributed by atoms with Crippen molar-refractivity contribution in [1.29, 1.82) is 0 Å². The molecule has 0 saturated carbocycles. The molecule has 0 aliphatic rings. The summed E-state index contributed by atoms with van der Waals surface area (Å²) in [5.41, 5.74) is 9.90. The van der Waals surface area contributed by atoms with Gasteiger partial charge in [-0.15, -0.1) is 0 Å². The van der Waals surface area contributed by atoms with E-state index in [1.807, 2.05) is 0 Å². The van der Waals surface area contributed by atoms with Crippen molar-refractivity contribution < 1.29 is 19.5 Å². The van der Waals surface area contributed by atoms with E-state index in [-0.39, 0.29) is 25.0 Å². The molecule has 0 spiro atoms. The van der Waals surface area contributed by atoms with Crippen LogP contribution in [0.25, 0.3) is 0 Å². The number of aliphatic carboxylic acids is 1. The summed E-state index contributed by atoms with van der Waals surface area (Å²) in [6.07, 6.45) is 32.5. The summed E-state index contributed by atoms with van der Waals surface area (Å²) in [7, 11) is 0. The Morgan fingerprint density at radius 1 is 0.523 bits per heavy atom. The number of carbonyl (C=O) groups excluding carboxylic acids is 2. The topological polar surface area (TPSA) is 123 Å². The van der Waals surface area contributed by atoms with Gasteiger partial charge in [0, 0.05) is 12.8 Å². The molecule has 0 aromatic carbocycles. The second-order valence-corrected chi connectivity index (χ2v) is 13.5. The third-order valence-electron chi connectivity index (χ3n) is 9.48. The summed E-state index contributed by atoms with van der Waals surface area (Å²) >= 11 is 0. The molecule has 0 saturated heterocycles. The van der Waals surface area contributed by atoms with Crippen molar-refractivity contribution in [3.63, 3.8) is 0 Å². The number of ketones is 2. The van der Waals surface area contributed by atoms with Crippen LogP contribution in [0.2, 0.25) is 0 Å². The number of rotatable bonds is 35. The SMILES string of the molecule is CCCCCCCCCCCCCCCC(=O)C(CCCN)C(N)(C(=O)O)C(=O)CCCCCCCCCCCCCCC. The highest BCUT2D eigenvalue weighted by Crippen LogP contribution is 2.28. The van der Waals surface area contributed by atoms with E-state index >= 15 is 0 Å². The molecule has 5 N–H and O–H groups in total. The van der Waals surface area contributed by atoms with Gasteiger partial charge in [0.1, 0.15) is 5.78 Å². The molecule has 2 unspecified atom stereocenters. The summed E-state index contributed by atoms with van der Waals surface area (Å²) in [6, 6.07) is 0. The molecule has 44 heavy (non-hydrogen) atoms. The van der Waals surface area contributed by atoms with E-state index < -0.39 is 23.2 Å². The molecule has 0 aliphatic carbocycles. The average molecular weight is 623 g/mol. The molecular formula is C38H74N2O4. The third kappa shape index (κ3) is 21.5. The molecule has 0 aliphatic heterocycles. The van der Waals surface area contributed by atoms with Gasteiger partial charge in [0.25, 0.3) is 0 Å². The summed E-state index contributed by atoms with van der Waals surface area (Å²) in [4.78, 5) is 38.8. The predicted octanol–water partition coefficient (Wildman–Crippen LogP) is 10.2. The average Bonchev–Trinajstić information content (AvgIpc) is 3.01. The van der Waals surface area contributed by atoms with Crippen LogP contribution in [-0.2, 0) is 14.4 Å². The lowest BCUT2D eigenvalue weighted by atomic mass is 9.73. The number of carbonyl (C=O) groups is 3. The molecule has 0 heterocycles. The smallest absolute Gasteiger partial charge is 0.332 e. The third-order valence-corrected chi connectivity index (χ3v) is 9.48. The lowest BCUT2D eigenvalue weighted by Crippen LogP contribution is -2.62. The van der Waals surface area contributed by atoms with E-state index in [1.54, 1.807) is 0 Å². The lowest BCUT2D eigenvalue weighted by Gasteiger charge is -2.31. The largest absolute Gasteiger partial charge is 0.480 e. The molecule has 2 atom stereocenters. The van der Waals surface area contributed by atoms with Crippen molar-refractivity contribution in [2.45, 2.75) is 212 Å². The number of carboxylic acids is 1. The van der Waals surface area contributed by atoms with Crippen LogP contribution in [0.5, 0.6) is 0 Å². The number of carboxylic acid groups (broad SMARTS) is 1. The molecule has 0 aromatic heterocycles. The highest BCUT2D eigenvalue weighted by Gasteiger charge is 2.50. The normalized spacial score (nSPS) is 13.5. The molecular weight excluding hydrogens is 548 g/mol. The molecule has 6 heteroatoms. The second-order valence-electron chi connectivity index (χ2n) is 13.5. The minimum absolute atomic E-state index is 0.117. The Morgan fingerprint density at radius 2 is 0.841 bits per heavy atom. The second kappa shape index (κ2) is 30.4. The first-order valence-electron chi connectivity index (χ1n) is 19.1. The molecule has 0 radical (unpaired) electrons. The van der Waals surface area contributed by atoms with Crippen LogP contribution < -0.4 is 11.5 Å². The van der Waals surface area contributed by atoms with Crippen molar-refractivity contribution in [3.05, 3.63) is 0 Å². The maximum absolute atomic E-state index is 13.3. The number of nitrogens with two attached hydrogens (primary N) is 2. The Balaban J connectivity index is 4.38. The van der Waals surface area contributed by atoms with E-state index in [2.05, 4.69) is 13.8 Å². The van der Waals surface area contributed by atoms with Crippen LogP contribution in [0.15, 0.2) is 0 Å². The Labute approximate surface area is 272 Å². The van der Waals surface area contributed by atoms with E-state index in [0.717, 1.165) is 38.5 Å². The standard InChI is InChI=1S/C38H74N2O4/c1-3-5-7-9-11-13-15-17-19-21-23-25-27-31-35(41)34(30-29-33-39)38(40,37(43)44)36(42)32-28-26-24-22-20-18-16-14-12-10-8-6-4-2/h34H,3-33,39-40H2,1-2H3,(H,43,44). The summed E-state index contributed by atoms with van der Waals surface area (Å²) < 4.78 is 0. The van der Waals surface area contributed by atoms with E-state index in [0.29, 0.717) is 19.4 Å². The van der Waals surface area contributed by atoms with Crippen LogP contribution in [0, 0.1) is 5.92 Å². The Hall–Kier alpha value is -1.27. The van der Waals surface area contributed by atoms with E-state index in [9.17, 15) is 19.5 Å². The molecule has 0 fully saturated rings. The molecule has 0 aromatic rings. The van der Waals surface area contributed by atoms with Gasteiger partial charge in [-0.05, 0) is 32.2 Å². The number of Topliss-reactive ketones (excluding diaryl/α,β-unsaturated/α-hetero) is 2. The van der Waals surface area contributed by atoms with Gasteiger partial charge in [-0.3, -0.25) is 9.59 Å². The fraction of sp³-hybridized carbons (Fsp3) is 0.921. The van der Waals surface area contributed by atoms with Crippen molar-refractivity contribution in [1.82, 2.24) is 0 Å². The minimum Gasteiger partial charge on any atom is -0.480 e. The Kier molecular flexibility index (Phi) is 29.5. The number of hydrogen-bond donors (Lipinski definition) is 3. The van der Waals surface area contributed by atoms with Gasteiger partial charge < -0.3 is 16.6 Å². The van der Waals surface area contributed by atoms with Gasteiger partial charge in [-0.1, -0.05) is 168 Å². The van der Waals surface area contributed by atoms with Crippen molar-refractivity contribution in [2.75, 3.05) is 6.54 Å². The van der Waals surface area contributed by atoms with Crippen LogP contribution >= 0.6 is 0 Å². The molecule has 0 rings (SSSR count). The lowest BCUT2D eigenvalue weighted by molar-refractivity contribution is -0.154. The van der Waals surface area contributed by atoms with Gasteiger partial charge in [-0.25, -0.2) is 4.79 Å². The molecule has 0 bridgehead atoms. The van der Waals surface area contributed by atoms with Crippen LogP contribution in [0.3, 0.4) is 0 Å². The first-order chi connectivity index (χ1) is 21.4. The monoisotopic (exact) mass is 623 g/mol. The number of hydrogen-bond acceptors (Lipinski definition) is 5. The van der Waals surface area contributed by atoms with Crippen molar-refractivity contribution in [3.8, 4) is 0 Å². The fourth-order valence-corrected chi connectivity index (χ4v) is 6.43. The Bertz CT molecular complexity index is 698. The molecule has 6 nitrogen and oxygen atoms in total. The minimum atomic E-state index is -2.15. The van der Waals surface area contributed by atoms with Gasteiger partial charge in [0.15, 0.2) is 11.3 Å². The first-order valence-corrected chi connectivity index (χ1v) is 19.1. The van der Waals surface area contributed by atoms with Crippen LogP contribution in [0.4, 0.5) is 0 Å². The zero-order valence-corrected chi connectivity index (χ0v) is 29.3. The van der Waals surface area contributed by atoms with Crippen LogP contribution in [-0.4, -0.2) is 34.7 Å². The van der Waals surface area contributed by atoms with Crippen molar-refractivity contribution >= 4 is 17.5 Å². The summed E-state index contributed by atoms with van der Waals surface area (Å²) in [6.45, 7) is 4.84.